The zero-order valence-corrected chi connectivity index (χ0v) is 17.9. The van der Waals surface area contributed by atoms with E-state index < -0.39 is 11.7 Å². The van der Waals surface area contributed by atoms with Crippen molar-refractivity contribution < 1.29 is 9.18 Å². The van der Waals surface area contributed by atoms with Gasteiger partial charge in [0.1, 0.15) is 11.6 Å². The number of pyridine rings is 1. The number of carbonyl (C=O) groups is 1. The first kappa shape index (κ1) is 21.1. The molecule has 0 bridgehead atoms. The van der Waals surface area contributed by atoms with Crippen LogP contribution in [0.3, 0.4) is 0 Å². The van der Waals surface area contributed by atoms with Crippen LogP contribution in [0.15, 0.2) is 72.8 Å². The summed E-state index contributed by atoms with van der Waals surface area (Å²) in [6.45, 7) is 0.248. The lowest BCUT2D eigenvalue weighted by Gasteiger charge is -2.15. The maximum atomic E-state index is 14.7. The number of amides is 1. The average Bonchev–Trinajstić information content (AvgIpc) is 2.79. The summed E-state index contributed by atoms with van der Waals surface area (Å²) in [6.07, 6.45) is 0. The normalized spacial score (nSPS) is 10.7. The van der Waals surface area contributed by atoms with Crippen LogP contribution in [0.1, 0.15) is 15.9 Å². The summed E-state index contributed by atoms with van der Waals surface area (Å²) in [5, 5.41) is 6.91. The molecule has 1 amide bonds. The van der Waals surface area contributed by atoms with Gasteiger partial charge in [0.25, 0.3) is 5.91 Å². The van der Waals surface area contributed by atoms with Crippen LogP contribution in [0.4, 0.5) is 27.3 Å². The lowest BCUT2D eigenvalue weighted by Crippen LogP contribution is -2.15. The fourth-order valence-electron chi connectivity index (χ4n) is 3.32. The molecule has 0 aliphatic heterocycles. The molecule has 0 spiro atoms. The number of anilines is 4. The number of fused-ring (bicyclic) bond motifs is 1. The molecule has 32 heavy (non-hydrogen) atoms. The molecule has 0 aliphatic rings. The molecule has 7 heteroatoms. The average molecular weight is 429 g/mol. The van der Waals surface area contributed by atoms with Gasteiger partial charge in [0.05, 0.1) is 16.9 Å². The molecule has 1 heterocycles. The zero-order chi connectivity index (χ0) is 22.7. The van der Waals surface area contributed by atoms with Crippen LogP contribution in [0.5, 0.6) is 0 Å². The molecular weight excluding hydrogens is 405 g/mol. The molecule has 162 valence electrons. The lowest BCUT2D eigenvalue weighted by molar-refractivity contribution is 0.102. The van der Waals surface area contributed by atoms with Crippen LogP contribution in [-0.4, -0.2) is 25.0 Å². The maximum absolute atomic E-state index is 14.7. The van der Waals surface area contributed by atoms with Gasteiger partial charge < -0.3 is 21.3 Å². The number of aromatic nitrogens is 1. The molecule has 0 radical (unpaired) electrons. The van der Waals surface area contributed by atoms with E-state index in [2.05, 4.69) is 15.6 Å². The minimum atomic E-state index is -0.470. The SMILES string of the molecule is CN(C)c1ccc(NC(=O)c2ccc(CNc3ccc4ccccc4n3)c(F)c2)c(N)c1. The second-order valence-electron chi connectivity index (χ2n) is 7.67. The Morgan fingerprint density at radius 3 is 2.59 bits per heavy atom. The fourth-order valence-corrected chi connectivity index (χ4v) is 3.32. The fraction of sp³-hybridized carbons (Fsp3) is 0.120. The highest BCUT2D eigenvalue weighted by Gasteiger charge is 2.12. The summed E-state index contributed by atoms with van der Waals surface area (Å²) in [5.74, 6) is -0.243. The standard InChI is InChI=1S/C25H24FN5O/c1-31(2)19-10-11-23(21(27)14-19)30-25(32)17-7-8-18(20(26)13-17)15-28-24-12-9-16-5-3-4-6-22(16)29-24/h3-14H,15,27H2,1-2H3,(H,28,29)(H,30,32). The third-order valence-electron chi connectivity index (χ3n) is 5.17. The number of nitrogens with zero attached hydrogens (tertiary/aromatic N) is 2. The summed E-state index contributed by atoms with van der Waals surface area (Å²) < 4.78 is 14.7. The maximum Gasteiger partial charge on any atom is 0.255 e. The largest absolute Gasteiger partial charge is 0.397 e. The molecule has 0 aliphatic carbocycles. The van der Waals surface area contributed by atoms with Gasteiger partial charge in [-0.25, -0.2) is 9.37 Å². The van der Waals surface area contributed by atoms with Gasteiger partial charge in [-0.05, 0) is 48.5 Å². The van der Waals surface area contributed by atoms with Gasteiger partial charge in [-0.3, -0.25) is 4.79 Å². The Morgan fingerprint density at radius 1 is 1.03 bits per heavy atom. The monoisotopic (exact) mass is 429 g/mol. The molecule has 0 saturated heterocycles. The Hall–Kier alpha value is -4.13. The highest BCUT2D eigenvalue weighted by atomic mass is 19.1. The number of para-hydroxylation sites is 1. The predicted octanol–water partition coefficient (Wildman–Crippen LogP) is 4.89. The van der Waals surface area contributed by atoms with Gasteiger partial charge in [-0.15, -0.1) is 0 Å². The highest BCUT2D eigenvalue weighted by Crippen LogP contribution is 2.25. The number of nitrogens with one attached hydrogen (secondary N) is 2. The van der Waals surface area contributed by atoms with Crippen molar-refractivity contribution in [2.45, 2.75) is 6.54 Å². The minimum absolute atomic E-state index is 0.214. The van der Waals surface area contributed by atoms with E-state index in [4.69, 9.17) is 5.73 Å². The van der Waals surface area contributed by atoms with Crippen LogP contribution in [-0.2, 0) is 6.54 Å². The van der Waals surface area contributed by atoms with Crippen LogP contribution in [0, 0.1) is 5.82 Å². The Morgan fingerprint density at radius 2 is 1.84 bits per heavy atom. The summed E-state index contributed by atoms with van der Waals surface area (Å²) in [5.41, 5.74) is 9.39. The molecule has 0 atom stereocenters. The van der Waals surface area contributed by atoms with Crippen LogP contribution >= 0.6 is 0 Å². The Bertz CT molecular complexity index is 1290. The molecule has 0 saturated carbocycles. The van der Waals surface area contributed by atoms with Crippen molar-refractivity contribution in [2.24, 2.45) is 0 Å². The minimum Gasteiger partial charge on any atom is -0.397 e. The Balaban J connectivity index is 1.43. The van der Waals surface area contributed by atoms with Gasteiger partial charge in [0.2, 0.25) is 0 Å². The number of halogens is 1. The summed E-state index contributed by atoms with van der Waals surface area (Å²) in [6, 6.07) is 21.4. The number of nitrogen functional groups attached to an aromatic ring is 1. The van der Waals surface area contributed by atoms with Gasteiger partial charge in [-0.1, -0.05) is 24.3 Å². The highest BCUT2D eigenvalue weighted by molar-refractivity contribution is 6.06. The van der Waals surface area contributed by atoms with Crippen LogP contribution < -0.4 is 21.3 Å². The summed E-state index contributed by atoms with van der Waals surface area (Å²) in [7, 11) is 3.81. The number of hydrogen-bond acceptors (Lipinski definition) is 5. The van der Waals surface area contributed by atoms with E-state index in [1.807, 2.05) is 61.5 Å². The predicted molar refractivity (Wildman–Crippen MR) is 129 cm³/mol. The lowest BCUT2D eigenvalue weighted by atomic mass is 10.1. The van der Waals surface area contributed by atoms with Crippen LogP contribution in [0.25, 0.3) is 10.9 Å². The molecule has 4 aromatic rings. The topological polar surface area (TPSA) is 83.3 Å². The molecule has 0 unspecified atom stereocenters. The van der Waals surface area contributed by atoms with E-state index in [9.17, 15) is 9.18 Å². The number of benzene rings is 3. The quantitative estimate of drug-likeness (QED) is 0.380. The first-order chi connectivity index (χ1) is 15.4. The molecule has 4 N–H and O–H groups in total. The summed E-state index contributed by atoms with van der Waals surface area (Å²) in [4.78, 5) is 19.0. The molecular formula is C25H24FN5O. The summed E-state index contributed by atoms with van der Waals surface area (Å²) >= 11 is 0. The Labute approximate surface area is 185 Å². The van der Waals surface area contributed by atoms with E-state index in [0.29, 0.717) is 22.8 Å². The molecule has 3 aromatic carbocycles. The second kappa shape index (κ2) is 8.93. The molecule has 0 fully saturated rings. The van der Waals surface area contributed by atoms with Crippen molar-refractivity contribution in [3.8, 4) is 0 Å². The van der Waals surface area contributed by atoms with Crippen molar-refractivity contribution in [1.82, 2.24) is 4.98 Å². The van der Waals surface area contributed by atoms with Crippen molar-refractivity contribution in [2.75, 3.05) is 35.4 Å². The van der Waals surface area contributed by atoms with Gasteiger partial charge in [0, 0.05) is 42.8 Å². The van der Waals surface area contributed by atoms with Crippen molar-refractivity contribution in [3.63, 3.8) is 0 Å². The van der Waals surface area contributed by atoms with E-state index >= 15 is 0 Å². The van der Waals surface area contributed by atoms with E-state index in [1.165, 1.54) is 6.07 Å². The number of carbonyl (C=O) groups excluding carboxylic acids is 1. The van der Waals surface area contributed by atoms with Gasteiger partial charge >= 0.3 is 0 Å². The number of hydrogen-bond donors (Lipinski definition) is 3. The van der Waals surface area contributed by atoms with Crippen LogP contribution in [0.2, 0.25) is 0 Å². The van der Waals surface area contributed by atoms with Gasteiger partial charge in [-0.2, -0.15) is 0 Å². The van der Waals surface area contributed by atoms with Crippen molar-refractivity contribution >= 4 is 39.7 Å². The first-order valence-corrected chi connectivity index (χ1v) is 10.2. The van der Waals surface area contributed by atoms with E-state index in [1.54, 1.807) is 24.3 Å². The van der Waals surface area contributed by atoms with E-state index in [0.717, 1.165) is 16.6 Å². The van der Waals surface area contributed by atoms with Gasteiger partial charge in [0.15, 0.2) is 0 Å². The van der Waals surface area contributed by atoms with Crippen molar-refractivity contribution in [1.29, 1.82) is 0 Å². The third kappa shape index (κ3) is 4.62. The third-order valence-corrected chi connectivity index (χ3v) is 5.17. The second-order valence-corrected chi connectivity index (χ2v) is 7.67. The first-order valence-electron chi connectivity index (χ1n) is 10.2. The molecule has 1 aromatic heterocycles. The van der Waals surface area contributed by atoms with E-state index in [-0.39, 0.29) is 12.1 Å². The molecule has 4 rings (SSSR count). The Kier molecular flexibility index (Phi) is 5.89. The number of nitrogens with two attached hydrogens (primary N) is 1. The van der Waals surface area contributed by atoms with Crippen molar-refractivity contribution in [3.05, 3.63) is 89.7 Å². The zero-order valence-electron chi connectivity index (χ0n) is 17.9. The smallest absolute Gasteiger partial charge is 0.255 e. The number of rotatable bonds is 6. The molecule has 6 nitrogen and oxygen atoms in total.